The second kappa shape index (κ2) is 8.70. The van der Waals surface area contributed by atoms with E-state index in [1.807, 2.05) is 24.3 Å². The number of rotatable bonds is 6. The summed E-state index contributed by atoms with van der Waals surface area (Å²) >= 11 is 5.88. The van der Waals surface area contributed by atoms with E-state index in [1.165, 1.54) is 38.5 Å². The van der Waals surface area contributed by atoms with Crippen molar-refractivity contribution in [2.24, 2.45) is 0 Å². The van der Waals surface area contributed by atoms with Crippen LogP contribution in [-0.4, -0.2) is 37.0 Å². The highest BCUT2D eigenvalue weighted by Crippen LogP contribution is 2.30. The van der Waals surface area contributed by atoms with Crippen LogP contribution in [0.1, 0.15) is 50.5 Å². The molecule has 1 aromatic carbocycles. The maximum atomic E-state index is 12.2. The first-order chi connectivity index (χ1) is 11.0. The molecule has 1 N–H and O–H groups in total. The van der Waals surface area contributed by atoms with Crippen LogP contribution in [0.3, 0.4) is 0 Å². The van der Waals surface area contributed by atoms with Crippen LogP contribution in [0.4, 0.5) is 0 Å². The molecule has 1 aliphatic carbocycles. The van der Waals surface area contributed by atoms with Gasteiger partial charge in [0.1, 0.15) is 0 Å². The van der Waals surface area contributed by atoms with Gasteiger partial charge in [-0.2, -0.15) is 0 Å². The average Bonchev–Trinajstić information content (AvgIpc) is 2.79. The molecule has 1 saturated carbocycles. The largest absolute Gasteiger partial charge is 0.354 e. The summed E-state index contributed by atoms with van der Waals surface area (Å²) in [5.41, 5.74) is 1.29. The van der Waals surface area contributed by atoms with Crippen LogP contribution >= 0.6 is 11.6 Å². The highest BCUT2D eigenvalue weighted by Gasteiger charge is 2.33. The first-order valence-electron chi connectivity index (χ1n) is 8.70. The summed E-state index contributed by atoms with van der Waals surface area (Å²) in [4.78, 5) is 14.5. The highest BCUT2D eigenvalue weighted by atomic mass is 35.5. The maximum Gasteiger partial charge on any atom is 0.220 e. The van der Waals surface area contributed by atoms with E-state index in [4.69, 9.17) is 11.6 Å². The quantitative estimate of drug-likeness (QED) is 0.795. The number of aryl methyl sites for hydroxylation is 1. The van der Waals surface area contributed by atoms with E-state index in [1.54, 1.807) is 0 Å². The number of halogens is 1. The molecule has 0 saturated heterocycles. The fourth-order valence-electron chi connectivity index (χ4n) is 3.43. The number of hydrogen-bond acceptors (Lipinski definition) is 2. The smallest absolute Gasteiger partial charge is 0.220 e. The van der Waals surface area contributed by atoms with Crippen molar-refractivity contribution >= 4 is 17.5 Å². The third kappa shape index (κ3) is 5.50. The lowest BCUT2D eigenvalue weighted by molar-refractivity contribution is -0.121. The molecule has 1 aromatic rings. The van der Waals surface area contributed by atoms with Gasteiger partial charge >= 0.3 is 0 Å². The lowest BCUT2D eigenvalue weighted by Gasteiger charge is -2.39. The van der Waals surface area contributed by atoms with E-state index in [9.17, 15) is 4.79 Å². The molecule has 1 fully saturated rings. The van der Waals surface area contributed by atoms with Gasteiger partial charge in [-0.3, -0.25) is 4.79 Å². The van der Waals surface area contributed by atoms with Crippen LogP contribution in [0.5, 0.6) is 0 Å². The van der Waals surface area contributed by atoms with Gasteiger partial charge in [0.25, 0.3) is 0 Å². The normalized spacial score (nSPS) is 17.7. The summed E-state index contributed by atoms with van der Waals surface area (Å²) in [6.45, 7) is 0.763. The topological polar surface area (TPSA) is 32.3 Å². The van der Waals surface area contributed by atoms with E-state index in [0.29, 0.717) is 6.42 Å². The Balaban J connectivity index is 1.82. The van der Waals surface area contributed by atoms with Crippen molar-refractivity contribution in [1.82, 2.24) is 10.2 Å². The first kappa shape index (κ1) is 18.3. The van der Waals surface area contributed by atoms with Crippen LogP contribution in [0.25, 0.3) is 0 Å². The minimum Gasteiger partial charge on any atom is -0.354 e. The molecular weight excluding hydrogens is 308 g/mol. The Hall–Kier alpha value is -1.06. The maximum absolute atomic E-state index is 12.2. The predicted octanol–water partition coefficient (Wildman–Crippen LogP) is 4.04. The Morgan fingerprint density at radius 3 is 2.30 bits per heavy atom. The summed E-state index contributed by atoms with van der Waals surface area (Å²) in [5, 5.41) is 3.91. The van der Waals surface area contributed by atoms with Gasteiger partial charge in [0.05, 0.1) is 0 Å². The van der Waals surface area contributed by atoms with Crippen LogP contribution in [0.2, 0.25) is 5.02 Å². The zero-order chi connectivity index (χ0) is 16.7. The van der Waals surface area contributed by atoms with Gasteiger partial charge in [-0.15, -0.1) is 0 Å². The summed E-state index contributed by atoms with van der Waals surface area (Å²) in [7, 11) is 4.29. The molecule has 0 unspecified atom stereocenters. The Bertz CT molecular complexity index is 491. The number of carbonyl (C=O) groups excluding carboxylic acids is 1. The van der Waals surface area contributed by atoms with Crippen molar-refractivity contribution in [3.05, 3.63) is 34.9 Å². The molecule has 2 rings (SSSR count). The van der Waals surface area contributed by atoms with Gasteiger partial charge in [-0.25, -0.2) is 0 Å². The zero-order valence-electron chi connectivity index (χ0n) is 14.4. The minimum absolute atomic E-state index is 0.131. The SMILES string of the molecule is CN(C)C1(CNC(=O)CCc2ccc(Cl)cc2)CCCCCC1. The standard InChI is InChI=1S/C19H29ClN2O/c1-22(2)19(13-5-3-4-6-14-19)15-21-18(23)12-9-16-7-10-17(20)11-8-16/h7-8,10-11H,3-6,9,12-15H2,1-2H3,(H,21,23). The molecule has 1 aliphatic rings. The Labute approximate surface area is 145 Å². The van der Waals surface area contributed by atoms with Crippen LogP contribution in [0.15, 0.2) is 24.3 Å². The van der Waals surface area contributed by atoms with Gasteiger partial charge in [0, 0.05) is 23.5 Å². The van der Waals surface area contributed by atoms with Gasteiger partial charge in [-0.05, 0) is 51.1 Å². The molecule has 3 nitrogen and oxygen atoms in total. The number of nitrogens with zero attached hydrogens (tertiary/aromatic N) is 1. The average molecular weight is 337 g/mol. The van der Waals surface area contributed by atoms with E-state index in [0.717, 1.165) is 23.6 Å². The molecule has 23 heavy (non-hydrogen) atoms. The predicted molar refractivity (Wildman–Crippen MR) is 96.9 cm³/mol. The van der Waals surface area contributed by atoms with E-state index < -0.39 is 0 Å². The van der Waals surface area contributed by atoms with Crippen LogP contribution in [-0.2, 0) is 11.2 Å². The fraction of sp³-hybridized carbons (Fsp3) is 0.632. The molecular formula is C19H29ClN2O. The molecule has 0 aliphatic heterocycles. The molecule has 1 amide bonds. The second-order valence-electron chi connectivity index (χ2n) is 6.94. The molecule has 4 heteroatoms. The zero-order valence-corrected chi connectivity index (χ0v) is 15.2. The highest BCUT2D eigenvalue weighted by molar-refractivity contribution is 6.30. The van der Waals surface area contributed by atoms with Crippen LogP contribution in [0, 0.1) is 0 Å². The summed E-state index contributed by atoms with van der Waals surface area (Å²) < 4.78 is 0. The van der Waals surface area contributed by atoms with Crippen molar-refractivity contribution in [3.63, 3.8) is 0 Å². The summed E-state index contributed by atoms with van der Waals surface area (Å²) in [5.74, 6) is 0.144. The third-order valence-electron chi connectivity index (χ3n) is 5.15. The Kier molecular flexibility index (Phi) is 6.91. The molecule has 0 radical (unpaired) electrons. The number of hydrogen-bond donors (Lipinski definition) is 1. The third-order valence-corrected chi connectivity index (χ3v) is 5.40. The molecule has 128 valence electrons. The van der Waals surface area contributed by atoms with E-state index >= 15 is 0 Å². The summed E-state index contributed by atoms with van der Waals surface area (Å²) in [6.07, 6.45) is 8.82. The molecule has 0 spiro atoms. The molecule has 0 atom stereocenters. The van der Waals surface area contributed by atoms with Gasteiger partial charge in [-0.1, -0.05) is 49.4 Å². The van der Waals surface area contributed by atoms with Gasteiger partial charge in [0.15, 0.2) is 0 Å². The number of nitrogens with one attached hydrogen (secondary N) is 1. The monoisotopic (exact) mass is 336 g/mol. The van der Waals surface area contributed by atoms with Gasteiger partial charge in [0.2, 0.25) is 5.91 Å². The number of amides is 1. The van der Waals surface area contributed by atoms with Gasteiger partial charge < -0.3 is 10.2 Å². The lowest BCUT2D eigenvalue weighted by Crippen LogP contribution is -2.52. The lowest BCUT2D eigenvalue weighted by atomic mass is 9.88. The summed E-state index contributed by atoms with van der Waals surface area (Å²) in [6, 6.07) is 7.73. The second-order valence-corrected chi connectivity index (χ2v) is 7.37. The van der Waals surface area contributed by atoms with Crippen molar-refractivity contribution in [1.29, 1.82) is 0 Å². The van der Waals surface area contributed by atoms with E-state index in [-0.39, 0.29) is 11.4 Å². The molecule has 0 heterocycles. The Morgan fingerprint density at radius 1 is 1.13 bits per heavy atom. The van der Waals surface area contributed by atoms with E-state index in [2.05, 4.69) is 24.3 Å². The fourth-order valence-corrected chi connectivity index (χ4v) is 3.56. The minimum atomic E-state index is 0.131. The van der Waals surface area contributed by atoms with Crippen molar-refractivity contribution < 1.29 is 4.79 Å². The number of benzene rings is 1. The van der Waals surface area contributed by atoms with Crippen molar-refractivity contribution in [2.75, 3.05) is 20.6 Å². The molecule has 0 aromatic heterocycles. The first-order valence-corrected chi connectivity index (χ1v) is 9.08. The number of likely N-dealkylation sites (N-methyl/N-ethyl adjacent to an activating group) is 1. The molecule has 0 bridgehead atoms. The number of carbonyl (C=O) groups is 1. The van der Waals surface area contributed by atoms with Crippen LogP contribution < -0.4 is 5.32 Å². The van der Waals surface area contributed by atoms with Crippen molar-refractivity contribution in [2.45, 2.75) is 56.9 Å². The van der Waals surface area contributed by atoms with Crippen molar-refractivity contribution in [3.8, 4) is 0 Å². The Morgan fingerprint density at radius 2 is 1.74 bits per heavy atom.